The third-order valence-corrected chi connectivity index (χ3v) is 3.28. The smallest absolute Gasteiger partial charge is 0.351 e. The molecule has 2 amide bonds. The maximum Gasteiger partial charge on any atom is 0.694 e. The highest BCUT2D eigenvalue weighted by atomic mass is 32.2. The molecule has 1 saturated heterocycles. The van der Waals surface area contributed by atoms with Gasteiger partial charge in [0, 0.05) is 16.5 Å². The van der Waals surface area contributed by atoms with Gasteiger partial charge in [0.05, 0.1) is 0 Å². The van der Waals surface area contributed by atoms with Crippen LogP contribution in [0.5, 0.6) is 0 Å². The highest BCUT2D eigenvalue weighted by molar-refractivity contribution is 8.00. The average molecular weight is 267 g/mol. The van der Waals surface area contributed by atoms with Crippen LogP contribution in [0, 0.1) is 0 Å². The fourth-order valence-corrected chi connectivity index (χ4v) is 2.50. The van der Waals surface area contributed by atoms with Gasteiger partial charge in [-0.15, -0.1) is 21.2 Å². The molecule has 90 valence electrons. The van der Waals surface area contributed by atoms with Crippen molar-refractivity contribution in [3.8, 4) is 0 Å². The predicted molar refractivity (Wildman–Crippen MR) is 58.5 cm³/mol. The van der Waals surface area contributed by atoms with Crippen molar-refractivity contribution in [1.82, 2.24) is 4.90 Å². The monoisotopic (exact) mass is 267 g/mol. The Morgan fingerprint density at radius 2 is 2.56 bits per heavy atom. The number of hydrogen-bond acceptors (Lipinski definition) is 5. The molecule has 0 aromatic heterocycles. The molecule has 3 N–H and O–H groups in total. The van der Waals surface area contributed by atoms with E-state index in [1.165, 1.54) is 18.0 Å². The van der Waals surface area contributed by atoms with Gasteiger partial charge in [-0.05, 0) is 0 Å². The normalized spacial score (nSPS) is 25.2. The van der Waals surface area contributed by atoms with Gasteiger partial charge in [0.15, 0.2) is 0 Å². The standard InChI is InChI=1S/C7H11N2O5PS/c1-2-9(7(8)10)5-4-16-6(14-5)3-13-15(11)12/h2,5-6H,1,3-4H2,(H2-,8,10,11,12)/p+1/t5-,6+/m0/s1. The molecule has 0 radical (unpaired) electrons. The quantitative estimate of drug-likeness (QED) is 0.707. The first kappa shape index (κ1) is 13.4. The Morgan fingerprint density at radius 3 is 3.06 bits per heavy atom. The molecule has 1 rings (SSSR count). The van der Waals surface area contributed by atoms with Crippen molar-refractivity contribution >= 4 is 26.0 Å². The number of urea groups is 1. The lowest BCUT2D eigenvalue weighted by Gasteiger charge is -2.21. The molecule has 0 spiro atoms. The Bertz CT molecular complexity index is 303. The molecule has 1 fully saturated rings. The van der Waals surface area contributed by atoms with Gasteiger partial charge in [-0.3, -0.25) is 4.90 Å². The number of amides is 2. The van der Waals surface area contributed by atoms with Crippen molar-refractivity contribution in [2.45, 2.75) is 11.7 Å². The molecule has 1 unspecified atom stereocenters. The van der Waals surface area contributed by atoms with Crippen LogP contribution in [-0.2, 0) is 13.8 Å². The second kappa shape index (κ2) is 6.17. The predicted octanol–water partition coefficient (Wildman–Crippen LogP) is 0.593. The number of nitrogens with zero attached hydrogens (tertiary/aromatic N) is 1. The van der Waals surface area contributed by atoms with E-state index in [1.807, 2.05) is 0 Å². The van der Waals surface area contributed by atoms with Crippen LogP contribution in [0.15, 0.2) is 12.8 Å². The van der Waals surface area contributed by atoms with Crippen molar-refractivity contribution in [2.75, 3.05) is 12.4 Å². The lowest BCUT2D eigenvalue weighted by atomic mass is 10.5. The van der Waals surface area contributed by atoms with E-state index in [1.54, 1.807) is 0 Å². The van der Waals surface area contributed by atoms with Crippen LogP contribution in [0.3, 0.4) is 0 Å². The second-order valence-corrected chi connectivity index (χ2v) is 4.74. The summed E-state index contributed by atoms with van der Waals surface area (Å²) in [5.74, 6) is 0.505. The Hall–Kier alpha value is -0.660. The number of thioether (sulfide) groups is 1. The van der Waals surface area contributed by atoms with E-state index in [9.17, 15) is 9.36 Å². The highest BCUT2D eigenvalue weighted by Crippen LogP contribution is 2.29. The number of primary amides is 1. The van der Waals surface area contributed by atoms with Crippen LogP contribution >= 0.6 is 20.0 Å². The summed E-state index contributed by atoms with van der Waals surface area (Å²) in [6.45, 7) is 3.43. The van der Waals surface area contributed by atoms with Gasteiger partial charge in [-0.1, -0.05) is 6.58 Å². The first-order valence-corrected chi connectivity index (χ1v) is 6.49. The van der Waals surface area contributed by atoms with E-state index < -0.39 is 25.9 Å². The van der Waals surface area contributed by atoms with Crippen molar-refractivity contribution in [2.24, 2.45) is 5.73 Å². The van der Waals surface area contributed by atoms with Crippen LogP contribution in [0.4, 0.5) is 4.79 Å². The first-order valence-electron chi connectivity index (χ1n) is 4.31. The summed E-state index contributed by atoms with van der Waals surface area (Å²) in [4.78, 5) is 20.6. The number of carbonyl (C=O) groups excluding carboxylic acids is 1. The summed E-state index contributed by atoms with van der Waals surface area (Å²) < 4.78 is 20.2. The molecule has 7 nitrogen and oxygen atoms in total. The number of rotatable bonds is 5. The summed E-state index contributed by atoms with van der Waals surface area (Å²) in [6, 6.07) is -0.657. The highest BCUT2D eigenvalue weighted by Gasteiger charge is 2.33. The summed E-state index contributed by atoms with van der Waals surface area (Å²) in [7, 11) is -2.63. The molecule has 1 heterocycles. The van der Waals surface area contributed by atoms with Crippen molar-refractivity contribution in [1.29, 1.82) is 0 Å². The maximum absolute atomic E-state index is 11.0. The Morgan fingerprint density at radius 1 is 1.88 bits per heavy atom. The molecule has 0 bridgehead atoms. The molecule has 1 aliphatic rings. The van der Waals surface area contributed by atoms with Gasteiger partial charge in [-0.2, -0.15) is 0 Å². The van der Waals surface area contributed by atoms with E-state index >= 15 is 0 Å². The van der Waals surface area contributed by atoms with E-state index in [2.05, 4.69) is 11.1 Å². The number of hydrogen-bond donors (Lipinski definition) is 2. The Labute approximate surface area is 97.5 Å². The minimum absolute atomic E-state index is 0.0172. The Kier molecular flexibility index (Phi) is 5.17. The number of carbonyl (C=O) groups is 1. The maximum atomic E-state index is 11.0. The summed E-state index contributed by atoms with van der Waals surface area (Å²) >= 11 is 1.37. The number of ether oxygens (including phenoxy) is 1. The molecule has 0 aliphatic carbocycles. The van der Waals surface area contributed by atoms with E-state index in [0.717, 1.165) is 4.90 Å². The Balaban J connectivity index is 2.42. The van der Waals surface area contributed by atoms with Crippen molar-refractivity contribution in [3.05, 3.63) is 12.8 Å². The van der Waals surface area contributed by atoms with E-state index in [0.29, 0.717) is 5.75 Å². The molecular weight excluding hydrogens is 255 g/mol. The van der Waals surface area contributed by atoms with Crippen LogP contribution in [-0.4, -0.2) is 39.8 Å². The topological polar surface area (TPSA) is 102 Å². The number of nitrogens with two attached hydrogens (primary N) is 1. The summed E-state index contributed by atoms with van der Waals surface area (Å²) in [5, 5.41) is 0. The summed E-state index contributed by atoms with van der Waals surface area (Å²) in [5.41, 5.74) is 4.71. The lowest BCUT2D eigenvalue weighted by molar-refractivity contribution is -0.0157. The first-order chi connectivity index (χ1) is 7.54. The summed E-state index contributed by atoms with van der Waals surface area (Å²) in [6.07, 6.45) is 0.772. The zero-order chi connectivity index (χ0) is 12.1. The van der Waals surface area contributed by atoms with Gasteiger partial charge in [0.2, 0.25) is 0 Å². The zero-order valence-corrected chi connectivity index (χ0v) is 10.0. The lowest BCUT2D eigenvalue weighted by Crippen LogP contribution is -2.41. The third kappa shape index (κ3) is 3.73. The van der Waals surface area contributed by atoms with Crippen molar-refractivity contribution in [3.63, 3.8) is 0 Å². The average Bonchev–Trinajstić information content (AvgIpc) is 2.64. The van der Waals surface area contributed by atoms with Gasteiger partial charge in [0.25, 0.3) is 0 Å². The van der Waals surface area contributed by atoms with Crippen molar-refractivity contribution < 1.29 is 23.5 Å². The van der Waals surface area contributed by atoms with Crippen LogP contribution in [0.2, 0.25) is 0 Å². The molecular formula is C7H12N2O5PS+. The van der Waals surface area contributed by atoms with E-state index in [4.69, 9.17) is 15.4 Å². The van der Waals surface area contributed by atoms with Crippen LogP contribution in [0.25, 0.3) is 0 Å². The minimum atomic E-state index is -2.63. The zero-order valence-electron chi connectivity index (χ0n) is 8.31. The van der Waals surface area contributed by atoms with Crippen LogP contribution < -0.4 is 5.73 Å². The minimum Gasteiger partial charge on any atom is -0.351 e. The SMILES string of the molecule is C=CN(C(N)=O)[C@@H]1CS[C@H](CO[P+](=O)O)O1. The van der Waals surface area contributed by atoms with Gasteiger partial charge >= 0.3 is 14.3 Å². The molecule has 0 aromatic carbocycles. The van der Waals surface area contributed by atoms with E-state index in [-0.39, 0.29) is 6.61 Å². The third-order valence-electron chi connectivity index (χ3n) is 1.82. The molecule has 0 saturated carbocycles. The fraction of sp³-hybridized carbons (Fsp3) is 0.571. The largest absolute Gasteiger partial charge is 0.694 e. The fourth-order valence-electron chi connectivity index (χ4n) is 1.15. The molecule has 1 aliphatic heterocycles. The molecule has 16 heavy (non-hydrogen) atoms. The molecule has 0 aromatic rings. The van der Waals surface area contributed by atoms with Gasteiger partial charge in [0.1, 0.15) is 18.3 Å². The second-order valence-electron chi connectivity index (χ2n) is 2.82. The van der Waals surface area contributed by atoms with Gasteiger partial charge in [-0.25, -0.2) is 4.79 Å². The molecule has 3 atom stereocenters. The molecule has 9 heteroatoms. The van der Waals surface area contributed by atoms with Gasteiger partial charge < -0.3 is 10.5 Å². The van der Waals surface area contributed by atoms with Crippen LogP contribution in [0.1, 0.15) is 0 Å².